The van der Waals surface area contributed by atoms with Gasteiger partial charge in [0.25, 0.3) is 5.91 Å². The Morgan fingerprint density at radius 1 is 1.67 bits per heavy atom. The molecule has 1 saturated heterocycles. The third-order valence-corrected chi connectivity index (χ3v) is 3.73. The van der Waals surface area contributed by atoms with Crippen molar-refractivity contribution in [3.8, 4) is 0 Å². The van der Waals surface area contributed by atoms with E-state index in [4.69, 9.17) is 0 Å². The Hall–Kier alpha value is -1.01. The molecule has 0 aromatic carbocycles. The van der Waals surface area contributed by atoms with Gasteiger partial charge in [-0.1, -0.05) is 13.3 Å². The van der Waals surface area contributed by atoms with Crippen molar-refractivity contribution >= 4 is 17.6 Å². The number of hydrogen-bond acceptors (Lipinski definition) is 5. The van der Waals surface area contributed by atoms with Crippen LogP contribution in [0, 0.1) is 0 Å². The monoisotopic (exact) mass is 268 g/mol. The lowest BCUT2D eigenvalue weighted by molar-refractivity contribution is 0.0734. The summed E-state index contributed by atoms with van der Waals surface area (Å²) in [6.07, 6.45) is 6.06. The van der Waals surface area contributed by atoms with Gasteiger partial charge in [-0.15, -0.1) is 0 Å². The molecule has 1 aliphatic heterocycles. The first-order chi connectivity index (χ1) is 8.81. The van der Waals surface area contributed by atoms with Crippen LogP contribution < -0.4 is 5.32 Å². The maximum atomic E-state index is 12.3. The Kier molecular flexibility index (Phi) is 5.07. The molecule has 1 aromatic rings. The standard InChI is InChI=1S/C12H20N4OS/c1-2-3-7-16(9-10-5-4-6-13-10)12(17)11-8-14-18-15-11/h8,10,13H,2-7,9H2,1H3. The lowest BCUT2D eigenvalue weighted by Crippen LogP contribution is -2.41. The quantitative estimate of drug-likeness (QED) is 0.850. The highest BCUT2D eigenvalue weighted by atomic mass is 32.1. The van der Waals surface area contributed by atoms with Gasteiger partial charge in [0.2, 0.25) is 0 Å². The van der Waals surface area contributed by atoms with E-state index in [2.05, 4.69) is 21.0 Å². The SMILES string of the molecule is CCCCN(CC1CCCN1)C(=O)c1cnsn1. The molecule has 1 amide bonds. The zero-order valence-corrected chi connectivity index (χ0v) is 11.6. The average molecular weight is 268 g/mol. The molecule has 0 spiro atoms. The molecule has 6 heteroatoms. The van der Waals surface area contributed by atoms with Gasteiger partial charge in [0.05, 0.1) is 17.9 Å². The number of nitrogens with zero attached hydrogens (tertiary/aromatic N) is 3. The van der Waals surface area contributed by atoms with Crippen molar-refractivity contribution in [1.29, 1.82) is 0 Å². The molecule has 1 N–H and O–H groups in total. The molecule has 0 radical (unpaired) electrons. The van der Waals surface area contributed by atoms with Gasteiger partial charge in [0, 0.05) is 19.1 Å². The summed E-state index contributed by atoms with van der Waals surface area (Å²) in [7, 11) is 0. The van der Waals surface area contributed by atoms with E-state index < -0.39 is 0 Å². The highest BCUT2D eigenvalue weighted by Crippen LogP contribution is 2.11. The molecule has 1 fully saturated rings. The van der Waals surface area contributed by atoms with Crippen LogP contribution in [0.5, 0.6) is 0 Å². The molecule has 2 heterocycles. The summed E-state index contributed by atoms with van der Waals surface area (Å²) < 4.78 is 7.94. The molecule has 0 aliphatic carbocycles. The molecule has 2 rings (SSSR count). The Morgan fingerprint density at radius 2 is 2.56 bits per heavy atom. The molecular formula is C12H20N4OS. The maximum absolute atomic E-state index is 12.3. The summed E-state index contributed by atoms with van der Waals surface area (Å²) in [5.41, 5.74) is 0.481. The molecule has 1 atom stereocenters. The average Bonchev–Trinajstić information content (AvgIpc) is 3.06. The first kappa shape index (κ1) is 13.4. The summed E-state index contributed by atoms with van der Waals surface area (Å²) in [4.78, 5) is 14.2. The second-order valence-corrected chi connectivity index (χ2v) is 5.25. The molecular weight excluding hydrogens is 248 g/mol. The fourth-order valence-electron chi connectivity index (χ4n) is 2.22. The topological polar surface area (TPSA) is 58.1 Å². The van der Waals surface area contributed by atoms with Crippen molar-refractivity contribution < 1.29 is 4.79 Å². The number of carbonyl (C=O) groups excluding carboxylic acids is 1. The summed E-state index contributed by atoms with van der Waals surface area (Å²) in [5.74, 6) is 0.0194. The highest BCUT2D eigenvalue weighted by molar-refractivity contribution is 6.99. The minimum absolute atomic E-state index is 0.0194. The van der Waals surface area contributed by atoms with E-state index in [0.29, 0.717) is 11.7 Å². The van der Waals surface area contributed by atoms with Crippen LogP contribution in [0.1, 0.15) is 43.1 Å². The summed E-state index contributed by atoms with van der Waals surface area (Å²) in [5, 5.41) is 3.44. The number of nitrogens with one attached hydrogen (secondary N) is 1. The van der Waals surface area contributed by atoms with Crippen LogP contribution in [0.25, 0.3) is 0 Å². The lowest BCUT2D eigenvalue weighted by atomic mass is 10.2. The normalized spacial score (nSPS) is 19.1. The minimum Gasteiger partial charge on any atom is -0.336 e. The minimum atomic E-state index is 0.0194. The van der Waals surface area contributed by atoms with E-state index in [0.717, 1.165) is 50.6 Å². The third-order valence-electron chi connectivity index (χ3n) is 3.25. The number of aromatic nitrogens is 2. The number of carbonyl (C=O) groups is 1. The van der Waals surface area contributed by atoms with Gasteiger partial charge in [-0.25, -0.2) is 0 Å². The van der Waals surface area contributed by atoms with Crippen LogP contribution >= 0.6 is 11.7 Å². The van der Waals surface area contributed by atoms with Gasteiger partial charge in [0.1, 0.15) is 0 Å². The van der Waals surface area contributed by atoms with E-state index in [9.17, 15) is 4.79 Å². The second kappa shape index (κ2) is 6.80. The predicted octanol–water partition coefficient (Wildman–Crippen LogP) is 1.53. The largest absolute Gasteiger partial charge is 0.336 e. The van der Waals surface area contributed by atoms with Crippen molar-refractivity contribution in [2.75, 3.05) is 19.6 Å². The maximum Gasteiger partial charge on any atom is 0.275 e. The third kappa shape index (κ3) is 3.49. The van der Waals surface area contributed by atoms with Crippen LogP contribution in [0.15, 0.2) is 6.20 Å². The van der Waals surface area contributed by atoms with Gasteiger partial charge < -0.3 is 10.2 Å². The van der Waals surface area contributed by atoms with Crippen LogP contribution in [-0.2, 0) is 0 Å². The molecule has 5 nitrogen and oxygen atoms in total. The Morgan fingerprint density at radius 3 is 3.17 bits per heavy atom. The zero-order chi connectivity index (χ0) is 12.8. The zero-order valence-electron chi connectivity index (χ0n) is 10.8. The van der Waals surface area contributed by atoms with Gasteiger partial charge in [-0.3, -0.25) is 4.79 Å². The van der Waals surface area contributed by atoms with E-state index in [1.165, 1.54) is 6.42 Å². The number of rotatable bonds is 6. The number of hydrogen-bond donors (Lipinski definition) is 1. The summed E-state index contributed by atoms with van der Waals surface area (Å²) in [6, 6.07) is 0.442. The van der Waals surface area contributed by atoms with Crippen LogP contribution in [0.4, 0.5) is 0 Å². The molecule has 0 saturated carbocycles. The molecule has 0 bridgehead atoms. The first-order valence-corrected chi connectivity index (χ1v) is 7.34. The number of unbranched alkanes of at least 4 members (excludes halogenated alkanes) is 1. The lowest BCUT2D eigenvalue weighted by Gasteiger charge is -2.25. The van der Waals surface area contributed by atoms with Crippen LogP contribution in [0.3, 0.4) is 0 Å². The molecule has 1 aromatic heterocycles. The van der Waals surface area contributed by atoms with Crippen LogP contribution in [-0.4, -0.2) is 45.2 Å². The number of amides is 1. The molecule has 100 valence electrons. The Labute approximate surface area is 112 Å². The molecule has 18 heavy (non-hydrogen) atoms. The predicted molar refractivity (Wildman–Crippen MR) is 71.7 cm³/mol. The van der Waals surface area contributed by atoms with Crippen LogP contribution in [0.2, 0.25) is 0 Å². The Bertz CT molecular complexity index is 362. The van der Waals surface area contributed by atoms with Crippen molar-refractivity contribution in [3.63, 3.8) is 0 Å². The van der Waals surface area contributed by atoms with Crippen molar-refractivity contribution in [3.05, 3.63) is 11.9 Å². The smallest absolute Gasteiger partial charge is 0.275 e. The van der Waals surface area contributed by atoms with E-state index >= 15 is 0 Å². The fourth-order valence-corrected chi connectivity index (χ4v) is 2.63. The highest BCUT2D eigenvalue weighted by Gasteiger charge is 2.23. The van der Waals surface area contributed by atoms with Crippen molar-refractivity contribution in [2.45, 2.75) is 38.6 Å². The van der Waals surface area contributed by atoms with E-state index in [1.54, 1.807) is 6.20 Å². The summed E-state index contributed by atoms with van der Waals surface area (Å²) >= 11 is 1.09. The van der Waals surface area contributed by atoms with Gasteiger partial charge in [-0.05, 0) is 25.8 Å². The second-order valence-electron chi connectivity index (χ2n) is 4.69. The molecule has 1 aliphatic rings. The summed E-state index contributed by atoms with van der Waals surface area (Å²) in [6.45, 7) is 4.81. The molecule has 1 unspecified atom stereocenters. The van der Waals surface area contributed by atoms with Crippen molar-refractivity contribution in [1.82, 2.24) is 19.0 Å². The van der Waals surface area contributed by atoms with Gasteiger partial charge in [-0.2, -0.15) is 8.75 Å². The van der Waals surface area contributed by atoms with Gasteiger partial charge in [0.15, 0.2) is 5.69 Å². The van der Waals surface area contributed by atoms with Crippen molar-refractivity contribution in [2.24, 2.45) is 0 Å². The Balaban J connectivity index is 1.96. The first-order valence-electron chi connectivity index (χ1n) is 6.61. The van der Waals surface area contributed by atoms with E-state index in [1.807, 2.05) is 4.90 Å². The fraction of sp³-hybridized carbons (Fsp3) is 0.750. The van der Waals surface area contributed by atoms with E-state index in [-0.39, 0.29) is 5.91 Å². The van der Waals surface area contributed by atoms with Gasteiger partial charge >= 0.3 is 0 Å².